The third-order valence-corrected chi connectivity index (χ3v) is 2.38. The van der Waals surface area contributed by atoms with Crippen molar-refractivity contribution in [3.05, 3.63) is 12.2 Å². The van der Waals surface area contributed by atoms with E-state index in [2.05, 4.69) is 0 Å². The Morgan fingerprint density at radius 1 is 1.53 bits per heavy atom. The minimum atomic E-state index is -0.788. The maximum absolute atomic E-state index is 11.1. The summed E-state index contributed by atoms with van der Waals surface area (Å²) in [5.74, 6) is -1.45. The van der Waals surface area contributed by atoms with Crippen LogP contribution in [0.1, 0.15) is 26.2 Å². The predicted octanol–water partition coefficient (Wildman–Crippen LogP) is 1.61. The monoisotopic (exact) mass is 212 g/mol. The summed E-state index contributed by atoms with van der Waals surface area (Å²) < 4.78 is 4.88. The molecule has 15 heavy (non-hydrogen) atoms. The van der Waals surface area contributed by atoms with Crippen molar-refractivity contribution in [1.82, 2.24) is 0 Å². The summed E-state index contributed by atoms with van der Waals surface area (Å²) in [6, 6.07) is 0. The molecule has 0 saturated heterocycles. The number of esters is 1. The molecule has 4 nitrogen and oxygen atoms in total. The summed E-state index contributed by atoms with van der Waals surface area (Å²) in [6.45, 7) is 2.46. The number of carbonyl (C=O) groups is 2. The van der Waals surface area contributed by atoms with Crippen LogP contribution in [0.25, 0.3) is 0 Å². The van der Waals surface area contributed by atoms with Gasteiger partial charge in [-0.15, -0.1) is 0 Å². The lowest BCUT2D eigenvalue weighted by Crippen LogP contribution is -2.02. The molecule has 84 valence electrons. The van der Waals surface area contributed by atoms with Gasteiger partial charge in [0.25, 0.3) is 0 Å². The molecule has 1 saturated carbocycles. The van der Waals surface area contributed by atoms with Gasteiger partial charge in [-0.3, -0.25) is 4.79 Å². The van der Waals surface area contributed by atoms with Gasteiger partial charge >= 0.3 is 11.9 Å². The molecule has 0 radical (unpaired) electrons. The van der Waals surface area contributed by atoms with Gasteiger partial charge < -0.3 is 9.84 Å². The lowest BCUT2D eigenvalue weighted by Gasteiger charge is -1.98. The summed E-state index contributed by atoms with van der Waals surface area (Å²) in [5.41, 5.74) is 0. The number of hydrogen-bond donors (Lipinski definition) is 1. The zero-order chi connectivity index (χ0) is 11.3. The molecule has 1 aliphatic rings. The van der Waals surface area contributed by atoms with Crippen LogP contribution in [0.4, 0.5) is 0 Å². The van der Waals surface area contributed by atoms with Crippen molar-refractivity contribution in [1.29, 1.82) is 0 Å². The zero-order valence-electron chi connectivity index (χ0n) is 8.81. The maximum atomic E-state index is 11.1. The second-order valence-electron chi connectivity index (χ2n) is 3.72. The minimum absolute atomic E-state index is 0.0150. The fourth-order valence-electron chi connectivity index (χ4n) is 1.28. The Labute approximate surface area is 88.9 Å². The van der Waals surface area contributed by atoms with Gasteiger partial charge in [0, 0.05) is 6.08 Å². The Morgan fingerprint density at radius 2 is 2.27 bits per heavy atom. The van der Waals surface area contributed by atoms with Crippen LogP contribution in [-0.2, 0) is 14.3 Å². The molecule has 0 aliphatic heterocycles. The molecule has 0 heterocycles. The van der Waals surface area contributed by atoms with Crippen molar-refractivity contribution in [3.8, 4) is 0 Å². The number of carboxylic acid groups (broad SMARTS) is 1. The van der Waals surface area contributed by atoms with E-state index in [4.69, 9.17) is 9.84 Å². The van der Waals surface area contributed by atoms with Crippen molar-refractivity contribution >= 4 is 11.9 Å². The van der Waals surface area contributed by atoms with Gasteiger partial charge in [-0.25, -0.2) is 4.79 Å². The number of allylic oxidation sites excluding steroid dienone is 1. The molecule has 4 heteroatoms. The maximum Gasteiger partial charge on any atom is 0.330 e. The van der Waals surface area contributed by atoms with E-state index in [0.717, 1.165) is 12.8 Å². The van der Waals surface area contributed by atoms with Crippen LogP contribution in [0.3, 0.4) is 0 Å². The highest BCUT2D eigenvalue weighted by Crippen LogP contribution is 2.39. The standard InChI is InChI=1S/C11H16O4/c1-2-3-6-15-10(12)5-4-8-7-9(8)11(13)14/h4-5,8-9H,2-3,6-7H2,1H3,(H,13,14)/b5-4-. The molecule has 1 N–H and O–H groups in total. The Balaban J connectivity index is 2.16. The first kappa shape index (κ1) is 11.8. The molecule has 0 amide bonds. The van der Waals surface area contributed by atoms with Gasteiger partial charge in [-0.05, 0) is 18.8 Å². The third kappa shape index (κ3) is 4.14. The van der Waals surface area contributed by atoms with Crippen LogP contribution >= 0.6 is 0 Å². The van der Waals surface area contributed by atoms with Gasteiger partial charge in [0.05, 0.1) is 12.5 Å². The van der Waals surface area contributed by atoms with Crippen LogP contribution in [0, 0.1) is 11.8 Å². The molecule has 0 bridgehead atoms. The quantitative estimate of drug-likeness (QED) is 0.412. The smallest absolute Gasteiger partial charge is 0.330 e. The average Bonchev–Trinajstić information content (AvgIpc) is 2.94. The van der Waals surface area contributed by atoms with Crippen molar-refractivity contribution in [3.63, 3.8) is 0 Å². The van der Waals surface area contributed by atoms with E-state index in [1.807, 2.05) is 6.92 Å². The molecule has 0 aromatic rings. The molecule has 1 aliphatic carbocycles. The summed E-state index contributed by atoms with van der Waals surface area (Å²) in [7, 11) is 0. The van der Waals surface area contributed by atoms with E-state index in [1.54, 1.807) is 6.08 Å². The number of unbranched alkanes of at least 4 members (excludes halogenated alkanes) is 1. The molecule has 1 fully saturated rings. The van der Waals surface area contributed by atoms with Crippen LogP contribution in [-0.4, -0.2) is 23.7 Å². The summed E-state index contributed by atoms with van der Waals surface area (Å²) in [5, 5.41) is 8.61. The Hall–Kier alpha value is -1.32. The Kier molecular flexibility index (Phi) is 4.34. The van der Waals surface area contributed by atoms with Gasteiger partial charge in [-0.2, -0.15) is 0 Å². The van der Waals surface area contributed by atoms with E-state index in [9.17, 15) is 9.59 Å². The molecular weight excluding hydrogens is 196 g/mol. The zero-order valence-corrected chi connectivity index (χ0v) is 8.81. The van der Waals surface area contributed by atoms with Crippen molar-refractivity contribution in [2.75, 3.05) is 6.61 Å². The largest absolute Gasteiger partial charge is 0.481 e. The second-order valence-corrected chi connectivity index (χ2v) is 3.72. The molecule has 2 atom stereocenters. The van der Waals surface area contributed by atoms with Gasteiger partial charge in [0.15, 0.2) is 0 Å². The van der Waals surface area contributed by atoms with Gasteiger partial charge in [0.1, 0.15) is 0 Å². The summed E-state index contributed by atoms with van der Waals surface area (Å²) in [6.07, 6.45) is 5.45. The van der Waals surface area contributed by atoms with E-state index >= 15 is 0 Å². The molecule has 0 aromatic carbocycles. The molecule has 0 spiro atoms. The SMILES string of the molecule is CCCCOC(=O)/C=C\C1CC1C(=O)O. The van der Waals surface area contributed by atoms with E-state index in [1.165, 1.54) is 6.08 Å². The van der Waals surface area contributed by atoms with E-state index < -0.39 is 5.97 Å². The number of rotatable bonds is 6. The lowest BCUT2D eigenvalue weighted by molar-refractivity contribution is -0.139. The summed E-state index contributed by atoms with van der Waals surface area (Å²) >= 11 is 0. The third-order valence-electron chi connectivity index (χ3n) is 2.38. The fraction of sp³-hybridized carbons (Fsp3) is 0.636. The highest BCUT2D eigenvalue weighted by molar-refractivity contribution is 5.82. The number of hydrogen-bond acceptors (Lipinski definition) is 3. The first-order valence-electron chi connectivity index (χ1n) is 5.23. The molecular formula is C11H16O4. The van der Waals surface area contributed by atoms with Crippen LogP contribution in [0.15, 0.2) is 12.2 Å². The topological polar surface area (TPSA) is 63.6 Å². The molecule has 1 rings (SSSR count). The lowest BCUT2D eigenvalue weighted by atomic mass is 10.3. The van der Waals surface area contributed by atoms with Crippen LogP contribution < -0.4 is 0 Å². The first-order valence-corrected chi connectivity index (χ1v) is 5.23. The van der Waals surface area contributed by atoms with Crippen molar-refractivity contribution < 1.29 is 19.4 Å². The van der Waals surface area contributed by atoms with Gasteiger partial charge in [-0.1, -0.05) is 19.4 Å². The normalized spacial score (nSPS) is 24.1. The minimum Gasteiger partial charge on any atom is -0.481 e. The van der Waals surface area contributed by atoms with E-state index in [-0.39, 0.29) is 17.8 Å². The number of carboxylic acids is 1. The van der Waals surface area contributed by atoms with Gasteiger partial charge in [0.2, 0.25) is 0 Å². The number of carbonyl (C=O) groups excluding carboxylic acids is 1. The van der Waals surface area contributed by atoms with Crippen LogP contribution in [0.2, 0.25) is 0 Å². The Morgan fingerprint density at radius 3 is 2.80 bits per heavy atom. The molecule has 2 unspecified atom stereocenters. The summed E-state index contributed by atoms with van der Waals surface area (Å²) in [4.78, 5) is 21.5. The van der Waals surface area contributed by atoms with Crippen molar-refractivity contribution in [2.24, 2.45) is 11.8 Å². The predicted molar refractivity (Wildman–Crippen MR) is 54.2 cm³/mol. The first-order chi connectivity index (χ1) is 7.15. The number of ether oxygens (including phenoxy) is 1. The second kappa shape index (κ2) is 5.53. The Bertz CT molecular complexity index is 270. The van der Waals surface area contributed by atoms with Crippen LogP contribution in [0.5, 0.6) is 0 Å². The average molecular weight is 212 g/mol. The fourth-order valence-corrected chi connectivity index (χ4v) is 1.28. The molecule has 0 aromatic heterocycles. The van der Waals surface area contributed by atoms with E-state index in [0.29, 0.717) is 13.0 Å². The van der Waals surface area contributed by atoms with Crippen molar-refractivity contribution in [2.45, 2.75) is 26.2 Å². The highest BCUT2D eigenvalue weighted by Gasteiger charge is 2.41. The highest BCUT2D eigenvalue weighted by atomic mass is 16.5. The number of aliphatic carboxylic acids is 1.